The monoisotopic (exact) mass is 428 g/mol. The minimum Gasteiger partial charge on any atom is -0.393 e. The van der Waals surface area contributed by atoms with Gasteiger partial charge in [0.15, 0.2) is 0 Å². The molecule has 1 unspecified atom stereocenters. The summed E-state index contributed by atoms with van der Waals surface area (Å²) < 4.78 is 0. The zero-order chi connectivity index (χ0) is 22.8. The first kappa shape index (κ1) is 28.8. The zero-order valence-corrected chi connectivity index (χ0v) is 19.4. The van der Waals surface area contributed by atoms with Crippen LogP contribution < -0.4 is 11.1 Å². The van der Waals surface area contributed by atoms with Crippen molar-refractivity contribution >= 4 is 5.91 Å². The molecule has 0 rings (SSSR count). The van der Waals surface area contributed by atoms with E-state index in [2.05, 4.69) is 79.1 Å². The van der Waals surface area contributed by atoms with Crippen LogP contribution in [0.25, 0.3) is 0 Å². The highest BCUT2D eigenvalue weighted by atomic mass is 16.3. The maximum absolute atomic E-state index is 11.7. The van der Waals surface area contributed by atoms with Crippen LogP contribution in [0.5, 0.6) is 0 Å². The van der Waals surface area contributed by atoms with Crippen LogP contribution in [0.15, 0.2) is 72.9 Å². The first-order chi connectivity index (χ1) is 15.2. The zero-order valence-electron chi connectivity index (χ0n) is 19.4. The Hall–Kier alpha value is -2.17. The maximum Gasteiger partial charge on any atom is 0.220 e. The number of aliphatic hydroxyl groups is 1. The van der Waals surface area contributed by atoms with Crippen molar-refractivity contribution in [3.8, 4) is 0 Å². The van der Waals surface area contributed by atoms with Crippen molar-refractivity contribution in [1.82, 2.24) is 5.32 Å². The van der Waals surface area contributed by atoms with E-state index >= 15 is 0 Å². The van der Waals surface area contributed by atoms with E-state index in [1.54, 1.807) is 0 Å². The van der Waals surface area contributed by atoms with Gasteiger partial charge in [0, 0.05) is 13.0 Å². The van der Waals surface area contributed by atoms with Crippen LogP contribution in [-0.4, -0.2) is 30.2 Å². The van der Waals surface area contributed by atoms with Crippen molar-refractivity contribution in [2.75, 3.05) is 13.1 Å². The van der Waals surface area contributed by atoms with Crippen molar-refractivity contribution in [2.45, 2.75) is 77.2 Å². The molecule has 0 aliphatic heterocycles. The van der Waals surface area contributed by atoms with E-state index in [1.807, 2.05) is 6.08 Å². The molecule has 0 aliphatic carbocycles. The second kappa shape index (κ2) is 24.1. The molecule has 0 heterocycles. The average molecular weight is 429 g/mol. The number of nitrogens with two attached hydrogens (primary N) is 1. The Bertz CT molecular complexity index is 586. The molecule has 4 heteroatoms. The van der Waals surface area contributed by atoms with Crippen LogP contribution in [0, 0.1) is 0 Å². The number of carbonyl (C=O) groups is 1. The van der Waals surface area contributed by atoms with Gasteiger partial charge in [-0.15, -0.1) is 0 Å². The molecule has 0 fully saturated rings. The van der Waals surface area contributed by atoms with E-state index in [4.69, 9.17) is 5.73 Å². The van der Waals surface area contributed by atoms with Crippen LogP contribution in [0.4, 0.5) is 0 Å². The lowest BCUT2D eigenvalue weighted by molar-refractivity contribution is -0.121. The highest BCUT2D eigenvalue weighted by molar-refractivity contribution is 5.75. The minimum atomic E-state index is -0.423. The van der Waals surface area contributed by atoms with Gasteiger partial charge in [0.05, 0.1) is 6.10 Å². The molecular weight excluding hydrogens is 384 g/mol. The van der Waals surface area contributed by atoms with E-state index in [0.29, 0.717) is 32.4 Å². The molecule has 0 bridgehead atoms. The molecule has 4 N–H and O–H groups in total. The normalized spacial score (nSPS) is 13.8. The predicted molar refractivity (Wildman–Crippen MR) is 135 cm³/mol. The van der Waals surface area contributed by atoms with Crippen molar-refractivity contribution in [2.24, 2.45) is 5.73 Å². The Balaban J connectivity index is 3.58. The van der Waals surface area contributed by atoms with Gasteiger partial charge in [-0.25, -0.2) is 0 Å². The van der Waals surface area contributed by atoms with Crippen LogP contribution in [0.3, 0.4) is 0 Å². The second-order valence-corrected chi connectivity index (χ2v) is 7.32. The summed E-state index contributed by atoms with van der Waals surface area (Å²) in [7, 11) is 0. The van der Waals surface area contributed by atoms with Gasteiger partial charge in [0.2, 0.25) is 5.91 Å². The topological polar surface area (TPSA) is 75.3 Å². The predicted octanol–water partition coefficient (Wildman–Crippen LogP) is 5.68. The lowest BCUT2D eigenvalue weighted by Gasteiger charge is -2.09. The Labute approximate surface area is 190 Å². The van der Waals surface area contributed by atoms with E-state index in [0.717, 1.165) is 44.9 Å². The van der Waals surface area contributed by atoms with Gasteiger partial charge in [-0.05, 0) is 64.3 Å². The number of rotatable bonds is 19. The summed E-state index contributed by atoms with van der Waals surface area (Å²) in [5.74, 6) is 0.0273. The SMILES string of the molecule is CCC=CCC=CCC=CCC=CCC=CCC=CCCC(=O)NCCC(O)CCN. The Morgan fingerprint density at radius 3 is 1.68 bits per heavy atom. The fourth-order valence-electron chi connectivity index (χ4n) is 2.66. The van der Waals surface area contributed by atoms with E-state index < -0.39 is 6.10 Å². The Morgan fingerprint density at radius 2 is 1.23 bits per heavy atom. The van der Waals surface area contributed by atoms with Gasteiger partial charge >= 0.3 is 0 Å². The molecule has 174 valence electrons. The quantitative estimate of drug-likeness (QED) is 0.232. The fourth-order valence-corrected chi connectivity index (χ4v) is 2.66. The first-order valence-corrected chi connectivity index (χ1v) is 11.8. The van der Waals surface area contributed by atoms with E-state index in [9.17, 15) is 9.90 Å². The van der Waals surface area contributed by atoms with Crippen molar-refractivity contribution < 1.29 is 9.90 Å². The number of hydrogen-bond acceptors (Lipinski definition) is 3. The molecule has 1 amide bonds. The van der Waals surface area contributed by atoms with Crippen molar-refractivity contribution in [3.05, 3.63) is 72.9 Å². The molecule has 0 saturated heterocycles. The molecule has 0 spiro atoms. The van der Waals surface area contributed by atoms with Gasteiger partial charge in [-0.2, -0.15) is 0 Å². The number of carbonyl (C=O) groups excluding carboxylic acids is 1. The highest BCUT2D eigenvalue weighted by Crippen LogP contribution is 1.98. The number of allylic oxidation sites excluding steroid dienone is 12. The van der Waals surface area contributed by atoms with Gasteiger partial charge in [-0.3, -0.25) is 4.79 Å². The van der Waals surface area contributed by atoms with Crippen LogP contribution in [0.2, 0.25) is 0 Å². The van der Waals surface area contributed by atoms with Gasteiger partial charge in [-0.1, -0.05) is 79.8 Å². The third kappa shape index (κ3) is 24.0. The third-order valence-electron chi connectivity index (χ3n) is 4.43. The second-order valence-electron chi connectivity index (χ2n) is 7.32. The molecule has 0 radical (unpaired) electrons. The maximum atomic E-state index is 11.7. The first-order valence-electron chi connectivity index (χ1n) is 11.8. The molecule has 1 atom stereocenters. The largest absolute Gasteiger partial charge is 0.393 e. The number of hydrogen-bond donors (Lipinski definition) is 3. The summed E-state index contributed by atoms with van der Waals surface area (Å²) in [5.41, 5.74) is 5.38. The molecule has 4 nitrogen and oxygen atoms in total. The lowest BCUT2D eigenvalue weighted by atomic mass is 10.2. The Kier molecular flexibility index (Phi) is 22.4. The molecular formula is C27H44N2O2. The molecule has 0 aromatic rings. The number of nitrogens with one attached hydrogen (secondary N) is 1. The molecule has 0 aromatic carbocycles. The van der Waals surface area contributed by atoms with Crippen LogP contribution >= 0.6 is 0 Å². The number of amides is 1. The summed E-state index contributed by atoms with van der Waals surface area (Å²) in [6.45, 7) is 3.12. The molecule has 0 aromatic heterocycles. The van der Waals surface area contributed by atoms with Gasteiger partial charge in [0.1, 0.15) is 0 Å². The van der Waals surface area contributed by atoms with Crippen molar-refractivity contribution in [3.63, 3.8) is 0 Å². The summed E-state index contributed by atoms with van der Waals surface area (Å²) in [5, 5.41) is 12.4. The number of aliphatic hydroxyl groups excluding tert-OH is 1. The highest BCUT2D eigenvalue weighted by Gasteiger charge is 2.04. The standard InChI is InChI=1S/C27H44N2O2/c1-2-3-4-5-6-7-8-9-10-11-12-13-14-15-16-17-18-19-20-21-27(31)29-25-23-26(30)22-24-28/h3-4,6-7,9-10,12-13,15-16,18-19,26,30H,2,5,8,11,14,17,20-25,28H2,1H3,(H,29,31). The van der Waals surface area contributed by atoms with Crippen molar-refractivity contribution in [1.29, 1.82) is 0 Å². The smallest absolute Gasteiger partial charge is 0.220 e. The summed E-state index contributed by atoms with van der Waals surface area (Å²) >= 11 is 0. The van der Waals surface area contributed by atoms with Crippen LogP contribution in [0.1, 0.15) is 71.1 Å². The van der Waals surface area contributed by atoms with Gasteiger partial charge in [0.25, 0.3) is 0 Å². The summed E-state index contributed by atoms with van der Waals surface area (Å²) in [6, 6.07) is 0. The Morgan fingerprint density at radius 1 is 0.774 bits per heavy atom. The molecule has 0 aliphatic rings. The average Bonchev–Trinajstić information content (AvgIpc) is 2.75. The molecule has 31 heavy (non-hydrogen) atoms. The summed E-state index contributed by atoms with van der Waals surface area (Å²) in [4.78, 5) is 11.7. The minimum absolute atomic E-state index is 0.0273. The third-order valence-corrected chi connectivity index (χ3v) is 4.43. The van der Waals surface area contributed by atoms with Gasteiger partial charge < -0.3 is 16.2 Å². The summed E-state index contributed by atoms with van der Waals surface area (Å²) in [6.07, 6.45) is 33.9. The van der Waals surface area contributed by atoms with E-state index in [-0.39, 0.29) is 5.91 Å². The fraction of sp³-hybridized carbons (Fsp3) is 0.519. The molecule has 0 saturated carbocycles. The van der Waals surface area contributed by atoms with E-state index in [1.165, 1.54) is 0 Å². The lowest BCUT2D eigenvalue weighted by Crippen LogP contribution is -2.27. The van der Waals surface area contributed by atoms with Crippen LogP contribution in [-0.2, 0) is 4.79 Å².